The lowest BCUT2D eigenvalue weighted by Gasteiger charge is -2.27. The molecule has 7 heteroatoms. The molecule has 7 nitrogen and oxygen atoms in total. The lowest BCUT2D eigenvalue weighted by molar-refractivity contribution is -0.140. The molecule has 3 rings (SSSR count). The van der Waals surface area contributed by atoms with Crippen molar-refractivity contribution in [2.75, 3.05) is 6.61 Å². The minimum atomic E-state index is -1.22. The van der Waals surface area contributed by atoms with Crippen LogP contribution in [0.4, 0.5) is 4.79 Å². The van der Waals surface area contributed by atoms with Gasteiger partial charge in [-0.25, -0.2) is 4.79 Å². The van der Waals surface area contributed by atoms with Crippen LogP contribution in [0.2, 0.25) is 0 Å². The van der Waals surface area contributed by atoms with Crippen molar-refractivity contribution in [1.29, 1.82) is 0 Å². The van der Waals surface area contributed by atoms with Gasteiger partial charge in [0, 0.05) is 11.5 Å². The lowest BCUT2D eigenvalue weighted by Crippen LogP contribution is -2.53. The summed E-state index contributed by atoms with van der Waals surface area (Å²) in [6, 6.07) is 14.7. The smallest absolute Gasteiger partial charge is 0.407 e. The fraction of sp³-hybridized carbons (Fsp3) is 0.375. The second kappa shape index (κ2) is 9.20. The van der Waals surface area contributed by atoms with Crippen molar-refractivity contribution in [3.05, 3.63) is 59.7 Å². The molecule has 31 heavy (non-hydrogen) atoms. The number of ether oxygens (including phenoxy) is 1. The second-order valence-electron chi connectivity index (χ2n) is 8.35. The third kappa shape index (κ3) is 5.23. The van der Waals surface area contributed by atoms with Crippen molar-refractivity contribution >= 4 is 18.0 Å². The van der Waals surface area contributed by atoms with Crippen molar-refractivity contribution in [1.82, 2.24) is 10.6 Å². The summed E-state index contributed by atoms with van der Waals surface area (Å²) in [6.45, 7) is 5.65. The average Bonchev–Trinajstić information content (AvgIpc) is 3.05. The Morgan fingerprint density at radius 3 is 2.10 bits per heavy atom. The zero-order valence-corrected chi connectivity index (χ0v) is 18.0. The van der Waals surface area contributed by atoms with Gasteiger partial charge in [-0.05, 0) is 42.5 Å². The molecule has 2 amide bonds. The number of carbonyl (C=O) groups excluding carboxylic acids is 2. The summed E-state index contributed by atoms with van der Waals surface area (Å²) in [5.74, 6) is -1.86. The largest absolute Gasteiger partial charge is 0.481 e. The Balaban J connectivity index is 1.68. The summed E-state index contributed by atoms with van der Waals surface area (Å²) in [5.41, 5.74) is 3.84. The number of carbonyl (C=O) groups is 3. The first-order valence-corrected chi connectivity index (χ1v) is 10.4. The van der Waals surface area contributed by atoms with Crippen LogP contribution in [-0.4, -0.2) is 41.3 Å². The van der Waals surface area contributed by atoms with Gasteiger partial charge in [0.2, 0.25) is 5.91 Å². The van der Waals surface area contributed by atoms with Crippen molar-refractivity contribution in [2.24, 2.45) is 0 Å². The van der Waals surface area contributed by atoms with E-state index in [1.165, 1.54) is 0 Å². The normalized spacial score (nSPS) is 13.6. The minimum Gasteiger partial charge on any atom is -0.481 e. The maximum Gasteiger partial charge on any atom is 0.407 e. The van der Waals surface area contributed by atoms with Gasteiger partial charge < -0.3 is 20.5 Å². The molecule has 2 aromatic rings. The number of hydrogen-bond acceptors (Lipinski definition) is 4. The number of carboxylic acid groups (broad SMARTS) is 1. The summed E-state index contributed by atoms with van der Waals surface area (Å²) in [4.78, 5) is 36.2. The molecular weight excluding hydrogens is 396 g/mol. The Morgan fingerprint density at radius 2 is 1.58 bits per heavy atom. The Hall–Kier alpha value is -3.35. The first kappa shape index (κ1) is 22.3. The van der Waals surface area contributed by atoms with Gasteiger partial charge in [-0.1, -0.05) is 55.5 Å². The quantitative estimate of drug-likeness (QED) is 0.600. The molecule has 0 heterocycles. The summed E-state index contributed by atoms with van der Waals surface area (Å²) in [6.07, 6.45) is -0.697. The van der Waals surface area contributed by atoms with Crippen LogP contribution >= 0.6 is 0 Å². The van der Waals surface area contributed by atoms with Gasteiger partial charge in [-0.3, -0.25) is 9.59 Å². The Labute approximate surface area is 181 Å². The van der Waals surface area contributed by atoms with Crippen molar-refractivity contribution in [3.63, 3.8) is 0 Å². The van der Waals surface area contributed by atoms with E-state index in [1.54, 1.807) is 0 Å². The van der Waals surface area contributed by atoms with Gasteiger partial charge in [0.15, 0.2) is 0 Å². The molecule has 1 atom stereocenters. The van der Waals surface area contributed by atoms with E-state index in [4.69, 9.17) is 9.84 Å². The monoisotopic (exact) mass is 424 g/mol. The van der Waals surface area contributed by atoms with E-state index in [9.17, 15) is 14.4 Å². The maximum atomic E-state index is 12.5. The van der Waals surface area contributed by atoms with E-state index in [2.05, 4.69) is 10.6 Å². The summed E-state index contributed by atoms with van der Waals surface area (Å²) >= 11 is 0. The molecule has 164 valence electrons. The molecule has 0 aliphatic heterocycles. The molecule has 0 radical (unpaired) electrons. The fourth-order valence-electron chi connectivity index (χ4n) is 3.68. The molecule has 1 unspecified atom stereocenters. The third-order valence-corrected chi connectivity index (χ3v) is 5.68. The third-order valence-electron chi connectivity index (χ3n) is 5.68. The number of alkyl carbamates (subject to hydrolysis) is 1. The number of fused-ring (bicyclic) bond motifs is 3. The number of aliphatic carboxylic acids is 1. The number of benzene rings is 2. The molecule has 0 spiro atoms. The fourth-order valence-corrected chi connectivity index (χ4v) is 3.68. The van der Waals surface area contributed by atoms with E-state index >= 15 is 0 Å². The van der Waals surface area contributed by atoms with Gasteiger partial charge in [0.25, 0.3) is 0 Å². The lowest BCUT2D eigenvalue weighted by atomic mass is 9.98. The van der Waals surface area contributed by atoms with Gasteiger partial charge in [0.05, 0.1) is 6.42 Å². The van der Waals surface area contributed by atoms with Gasteiger partial charge in [-0.2, -0.15) is 0 Å². The van der Waals surface area contributed by atoms with E-state index in [0.717, 1.165) is 22.3 Å². The number of hydrogen-bond donors (Lipinski definition) is 3. The SMILES string of the molecule is CCC(C)(C)NC(=O)C(CC(=O)O)NC(=O)OCC1c2ccccc2-c2ccccc21. The second-order valence-corrected chi connectivity index (χ2v) is 8.35. The first-order chi connectivity index (χ1) is 14.7. The van der Waals surface area contributed by atoms with E-state index in [0.29, 0.717) is 6.42 Å². The van der Waals surface area contributed by atoms with E-state index < -0.39 is 36.0 Å². The number of nitrogens with one attached hydrogen (secondary N) is 2. The van der Waals surface area contributed by atoms with Crippen LogP contribution in [0, 0.1) is 0 Å². The van der Waals surface area contributed by atoms with E-state index in [1.807, 2.05) is 69.3 Å². The zero-order valence-electron chi connectivity index (χ0n) is 18.0. The molecule has 2 aromatic carbocycles. The van der Waals surface area contributed by atoms with Gasteiger partial charge in [0.1, 0.15) is 12.6 Å². The molecule has 0 aromatic heterocycles. The van der Waals surface area contributed by atoms with Crippen molar-refractivity contribution in [3.8, 4) is 11.1 Å². The standard InChI is InChI=1S/C24H28N2O5/c1-4-24(2,3)26-22(29)20(13-21(27)28)25-23(30)31-14-19-17-11-7-5-9-15(17)16-10-6-8-12-18(16)19/h5-12,19-20H,4,13-14H2,1-3H3,(H,25,30)(H,26,29)(H,27,28). The highest BCUT2D eigenvalue weighted by Gasteiger charge is 2.31. The highest BCUT2D eigenvalue weighted by molar-refractivity contribution is 5.89. The number of rotatable bonds is 8. The zero-order chi connectivity index (χ0) is 22.6. The molecule has 0 saturated heterocycles. The molecule has 0 bridgehead atoms. The number of carboxylic acids is 1. The predicted octanol–water partition coefficient (Wildman–Crippen LogP) is 3.67. The minimum absolute atomic E-state index is 0.0850. The van der Waals surface area contributed by atoms with Gasteiger partial charge in [-0.15, -0.1) is 0 Å². The number of amides is 2. The highest BCUT2D eigenvalue weighted by atomic mass is 16.5. The summed E-state index contributed by atoms with van der Waals surface area (Å²) in [5, 5.41) is 14.3. The molecule has 1 aliphatic carbocycles. The van der Waals surface area contributed by atoms with Crippen molar-refractivity contribution < 1.29 is 24.2 Å². The predicted molar refractivity (Wildman–Crippen MR) is 117 cm³/mol. The highest BCUT2D eigenvalue weighted by Crippen LogP contribution is 2.44. The molecule has 0 fully saturated rings. The topological polar surface area (TPSA) is 105 Å². The summed E-state index contributed by atoms with van der Waals surface area (Å²) in [7, 11) is 0. The van der Waals surface area contributed by atoms with Crippen LogP contribution in [0.5, 0.6) is 0 Å². The van der Waals surface area contributed by atoms with Crippen LogP contribution in [0.15, 0.2) is 48.5 Å². The van der Waals surface area contributed by atoms with Crippen LogP contribution in [-0.2, 0) is 14.3 Å². The average molecular weight is 424 g/mol. The van der Waals surface area contributed by atoms with Crippen LogP contribution in [0.25, 0.3) is 11.1 Å². The Kier molecular flexibility index (Phi) is 6.63. The van der Waals surface area contributed by atoms with E-state index in [-0.39, 0.29) is 12.5 Å². The molecule has 1 aliphatic rings. The Bertz CT molecular complexity index is 940. The summed E-state index contributed by atoms with van der Waals surface area (Å²) < 4.78 is 5.44. The first-order valence-electron chi connectivity index (χ1n) is 10.4. The maximum absolute atomic E-state index is 12.5. The molecule has 3 N–H and O–H groups in total. The molecular formula is C24H28N2O5. The Morgan fingerprint density at radius 1 is 1.03 bits per heavy atom. The van der Waals surface area contributed by atoms with Crippen LogP contribution in [0.3, 0.4) is 0 Å². The van der Waals surface area contributed by atoms with Gasteiger partial charge >= 0.3 is 12.1 Å². The van der Waals surface area contributed by atoms with Crippen LogP contribution < -0.4 is 10.6 Å². The van der Waals surface area contributed by atoms with Crippen LogP contribution in [0.1, 0.15) is 50.7 Å². The van der Waals surface area contributed by atoms with Crippen molar-refractivity contribution in [2.45, 2.75) is 51.1 Å². The molecule has 0 saturated carbocycles.